The third kappa shape index (κ3) is 61.2. The van der Waals surface area contributed by atoms with Gasteiger partial charge in [0.15, 0.2) is 0 Å². The lowest BCUT2D eigenvalue weighted by molar-refractivity contribution is -0.143. The van der Waals surface area contributed by atoms with Crippen LogP contribution in [0.5, 0.6) is 0 Å². The summed E-state index contributed by atoms with van der Waals surface area (Å²) in [5.41, 5.74) is 0. The predicted octanol–water partition coefficient (Wildman–Crippen LogP) is 21.5. The average molecular weight is 1050 g/mol. The van der Waals surface area contributed by atoms with Crippen LogP contribution in [0, 0.1) is 0 Å². The van der Waals surface area contributed by atoms with Crippen LogP contribution >= 0.6 is 0 Å². The molecule has 1 amide bonds. The van der Waals surface area contributed by atoms with Gasteiger partial charge in [-0.15, -0.1) is 0 Å². The minimum Gasteiger partial charge on any atom is -0.466 e. The molecule has 0 aliphatic rings. The standard InChI is InChI=1S/C69H131NO5/c1-3-5-7-9-11-13-15-17-18-19-20-29-32-35-38-41-45-49-53-57-61-67(72)66(65-71)70-68(73)62-58-54-50-46-42-39-36-33-30-27-25-23-21-22-24-26-28-31-34-37-40-44-48-52-56-60-64-75-69(74)63-59-55-51-47-43-16-14-12-10-8-6-4-2/h12,14,21,23,57,61,66-67,71-72H,3-11,13,15-20,22,24-56,58-60,62-65H2,1-2H3,(H,70,73)/b14-12-,23-21-,61-57+. The predicted molar refractivity (Wildman–Crippen MR) is 329 cm³/mol. The summed E-state index contributed by atoms with van der Waals surface area (Å²) in [6.07, 6.45) is 82.1. The molecule has 0 aromatic heterocycles. The molecular weight excluding hydrogens is 923 g/mol. The summed E-state index contributed by atoms with van der Waals surface area (Å²) < 4.78 is 5.47. The van der Waals surface area contributed by atoms with E-state index >= 15 is 0 Å². The molecule has 0 aliphatic carbocycles. The summed E-state index contributed by atoms with van der Waals surface area (Å²) in [5, 5.41) is 23.2. The van der Waals surface area contributed by atoms with Gasteiger partial charge >= 0.3 is 5.97 Å². The van der Waals surface area contributed by atoms with Gasteiger partial charge in [-0.05, 0) is 83.5 Å². The molecule has 0 fully saturated rings. The van der Waals surface area contributed by atoms with Crippen LogP contribution in [0.25, 0.3) is 0 Å². The third-order valence-corrected chi connectivity index (χ3v) is 15.6. The number of carbonyl (C=O) groups is 2. The monoisotopic (exact) mass is 1050 g/mol. The normalized spacial score (nSPS) is 12.7. The molecule has 0 radical (unpaired) electrons. The number of hydrogen-bond acceptors (Lipinski definition) is 5. The maximum absolute atomic E-state index is 12.5. The molecule has 0 heterocycles. The molecule has 6 heteroatoms. The van der Waals surface area contributed by atoms with Gasteiger partial charge in [-0.25, -0.2) is 0 Å². The van der Waals surface area contributed by atoms with E-state index in [-0.39, 0.29) is 18.5 Å². The van der Waals surface area contributed by atoms with Gasteiger partial charge in [0.1, 0.15) is 0 Å². The zero-order chi connectivity index (χ0) is 54.3. The number of ether oxygens (including phenoxy) is 1. The second kappa shape index (κ2) is 64.6. The summed E-state index contributed by atoms with van der Waals surface area (Å²) in [5.74, 6) is -0.0628. The minimum absolute atomic E-state index is 0.00400. The Hall–Kier alpha value is -1.92. The molecule has 3 N–H and O–H groups in total. The highest BCUT2D eigenvalue weighted by molar-refractivity contribution is 5.76. The lowest BCUT2D eigenvalue weighted by Gasteiger charge is -2.20. The van der Waals surface area contributed by atoms with Crippen LogP contribution in [0.2, 0.25) is 0 Å². The van der Waals surface area contributed by atoms with Gasteiger partial charge < -0.3 is 20.3 Å². The molecule has 0 aromatic rings. The van der Waals surface area contributed by atoms with Gasteiger partial charge in [-0.2, -0.15) is 0 Å². The summed E-state index contributed by atoms with van der Waals surface area (Å²) in [4.78, 5) is 24.5. The molecule has 0 aromatic carbocycles. The van der Waals surface area contributed by atoms with Crippen LogP contribution in [0.4, 0.5) is 0 Å². The lowest BCUT2D eigenvalue weighted by atomic mass is 10.0. The van der Waals surface area contributed by atoms with Crippen molar-refractivity contribution in [3.63, 3.8) is 0 Å². The summed E-state index contributed by atoms with van der Waals surface area (Å²) in [6, 6.07) is -0.630. The molecule has 75 heavy (non-hydrogen) atoms. The first-order valence-corrected chi connectivity index (χ1v) is 33.8. The maximum Gasteiger partial charge on any atom is 0.305 e. The van der Waals surface area contributed by atoms with Crippen molar-refractivity contribution in [1.82, 2.24) is 5.32 Å². The Labute approximate surface area is 468 Å². The number of amides is 1. The van der Waals surface area contributed by atoms with E-state index < -0.39 is 12.1 Å². The van der Waals surface area contributed by atoms with E-state index in [1.165, 1.54) is 295 Å². The van der Waals surface area contributed by atoms with E-state index in [4.69, 9.17) is 4.74 Å². The number of carbonyl (C=O) groups excluding carboxylic acids is 2. The van der Waals surface area contributed by atoms with Crippen LogP contribution in [-0.4, -0.2) is 47.4 Å². The quantitative estimate of drug-likeness (QED) is 0.0320. The van der Waals surface area contributed by atoms with Gasteiger partial charge in [-0.3, -0.25) is 9.59 Å². The molecule has 0 saturated carbocycles. The van der Waals surface area contributed by atoms with Crippen LogP contribution in [0.1, 0.15) is 367 Å². The topological polar surface area (TPSA) is 95.9 Å². The van der Waals surface area contributed by atoms with Crippen molar-refractivity contribution in [3.05, 3.63) is 36.5 Å². The largest absolute Gasteiger partial charge is 0.466 e. The number of rotatable bonds is 63. The SMILES string of the molecule is CCCCC/C=C\CCCCCCCC(=O)OCCCCCCCCCCCCCC/C=C\CCCCCCCCCCCCC(=O)NC(CO)C(O)/C=C/CCCCCCCCCCCCCCCCCCCC. The smallest absolute Gasteiger partial charge is 0.305 e. The molecule has 6 nitrogen and oxygen atoms in total. The lowest BCUT2D eigenvalue weighted by Crippen LogP contribution is -2.45. The highest BCUT2D eigenvalue weighted by Crippen LogP contribution is 2.18. The number of allylic oxidation sites excluding steroid dienone is 5. The summed E-state index contributed by atoms with van der Waals surface area (Å²) >= 11 is 0. The maximum atomic E-state index is 12.5. The van der Waals surface area contributed by atoms with Crippen molar-refractivity contribution in [1.29, 1.82) is 0 Å². The number of nitrogens with one attached hydrogen (secondary N) is 1. The van der Waals surface area contributed by atoms with E-state index in [0.717, 1.165) is 44.9 Å². The van der Waals surface area contributed by atoms with Gasteiger partial charge in [0.05, 0.1) is 25.4 Å². The Morgan fingerprint density at radius 1 is 0.360 bits per heavy atom. The average Bonchev–Trinajstić information content (AvgIpc) is 3.41. The van der Waals surface area contributed by atoms with Crippen LogP contribution in [-0.2, 0) is 14.3 Å². The number of aliphatic hydroxyl groups excluding tert-OH is 2. The van der Waals surface area contributed by atoms with Crippen LogP contribution < -0.4 is 5.32 Å². The van der Waals surface area contributed by atoms with E-state index in [9.17, 15) is 19.8 Å². The zero-order valence-electron chi connectivity index (χ0n) is 50.5. The molecule has 2 unspecified atom stereocenters. The fraction of sp³-hybridized carbons (Fsp3) is 0.884. The van der Waals surface area contributed by atoms with E-state index in [1.807, 2.05) is 6.08 Å². The Bertz CT molecular complexity index is 1210. The van der Waals surface area contributed by atoms with Gasteiger partial charge in [0.2, 0.25) is 5.91 Å². The first-order valence-electron chi connectivity index (χ1n) is 33.8. The van der Waals surface area contributed by atoms with Crippen molar-refractivity contribution < 1.29 is 24.5 Å². The van der Waals surface area contributed by atoms with Crippen molar-refractivity contribution in [2.24, 2.45) is 0 Å². The Morgan fingerprint density at radius 3 is 0.973 bits per heavy atom. The fourth-order valence-electron chi connectivity index (χ4n) is 10.4. The van der Waals surface area contributed by atoms with Crippen LogP contribution in [0.3, 0.4) is 0 Å². The highest BCUT2D eigenvalue weighted by Gasteiger charge is 2.18. The third-order valence-electron chi connectivity index (χ3n) is 15.6. The number of unbranched alkanes of at least 4 members (excludes halogenated alkanes) is 48. The second-order valence-corrected chi connectivity index (χ2v) is 23.1. The van der Waals surface area contributed by atoms with E-state index in [2.05, 4.69) is 43.5 Å². The van der Waals surface area contributed by atoms with E-state index in [1.54, 1.807) is 6.08 Å². The number of aliphatic hydroxyl groups is 2. The molecule has 0 rings (SSSR count). The summed E-state index contributed by atoms with van der Waals surface area (Å²) in [6.45, 7) is 4.90. The molecule has 2 atom stereocenters. The van der Waals surface area contributed by atoms with Gasteiger partial charge in [-0.1, -0.05) is 307 Å². The first kappa shape index (κ1) is 73.1. The minimum atomic E-state index is -0.847. The molecule has 442 valence electrons. The molecule has 0 spiro atoms. The Morgan fingerprint density at radius 2 is 0.627 bits per heavy atom. The highest BCUT2D eigenvalue weighted by atomic mass is 16.5. The molecule has 0 saturated heterocycles. The Balaban J connectivity index is 3.43. The van der Waals surface area contributed by atoms with Gasteiger partial charge in [0.25, 0.3) is 0 Å². The first-order chi connectivity index (χ1) is 37.0. The molecule has 0 aliphatic heterocycles. The van der Waals surface area contributed by atoms with Crippen molar-refractivity contribution in [3.8, 4) is 0 Å². The van der Waals surface area contributed by atoms with Gasteiger partial charge in [0, 0.05) is 12.8 Å². The van der Waals surface area contributed by atoms with Crippen molar-refractivity contribution >= 4 is 11.9 Å². The molecular formula is C69H131NO5. The zero-order valence-corrected chi connectivity index (χ0v) is 50.5. The fourth-order valence-corrected chi connectivity index (χ4v) is 10.4. The van der Waals surface area contributed by atoms with Crippen molar-refractivity contribution in [2.45, 2.75) is 379 Å². The second-order valence-electron chi connectivity index (χ2n) is 23.1. The number of hydrogen-bond donors (Lipinski definition) is 3. The molecule has 0 bridgehead atoms. The van der Waals surface area contributed by atoms with Crippen LogP contribution in [0.15, 0.2) is 36.5 Å². The Kier molecular flexibility index (Phi) is 63.0. The van der Waals surface area contributed by atoms with E-state index in [0.29, 0.717) is 19.4 Å². The number of esters is 1. The van der Waals surface area contributed by atoms with Crippen molar-refractivity contribution in [2.75, 3.05) is 13.2 Å². The summed E-state index contributed by atoms with van der Waals surface area (Å²) in [7, 11) is 0.